The van der Waals surface area contributed by atoms with Crippen LogP contribution in [-0.2, 0) is 11.2 Å². The van der Waals surface area contributed by atoms with Crippen LogP contribution in [0.5, 0.6) is 23.0 Å². The van der Waals surface area contributed by atoms with E-state index in [1.54, 1.807) is 52.5 Å². The van der Waals surface area contributed by atoms with Crippen LogP contribution >= 0.6 is 0 Å². The van der Waals surface area contributed by atoms with Crippen molar-refractivity contribution in [3.8, 4) is 23.0 Å². The van der Waals surface area contributed by atoms with Crippen molar-refractivity contribution in [1.29, 1.82) is 0 Å². The van der Waals surface area contributed by atoms with Crippen molar-refractivity contribution >= 4 is 5.91 Å². The summed E-state index contributed by atoms with van der Waals surface area (Å²) in [5, 5.41) is 13.3. The van der Waals surface area contributed by atoms with E-state index in [0.29, 0.717) is 41.5 Å². The van der Waals surface area contributed by atoms with Gasteiger partial charge in [-0.3, -0.25) is 9.59 Å². The molecule has 0 aliphatic rings. The van der Waals surface area contributed by atoms with Crippen molar-refractivity contribution in [3.05, 3.63) is 81.4 Å². The van der Waals surface area contributed by atoms with E-state index in [4.69, 9.17) is 18.6 Å². The van der Waals surface area contributed by atoms with Gasteiger partial charge in [0.2, 0.25) is 17.1 Å². The molecule has 3 aromatic rings. The Bertz CT molecular complexity index is 1180. The van der Waals surface area contributed by atoms with Crippen molar-refractivity contribution in [3.63, 3.8) is 0 Å². The molecule has 1 amide bonds. The third-order valence-electron chi connectivity index (χ3n) is 5.48. The van der Waals surface area contributed by atoms with E-state index in [-0.39, 0.29) is 18.1 Å². The summed E-state index contributed by atoms with van der Waals surface area (Å²) in [7, 11) is 4.71. The van der Waals surface area contributed by atoms with Gasteiger partial charge in [-0.15, -0.1) is 0 Å². The molecule has 8 nitrogen and oxygen atoms in total. The highest BCUT2D eigenvalue weighted by atomic mass is 16.5. The van der Waals surface area contributed by atoms with Gasteiger partial charge in [-0.2, -0.15) is 0 Å². The van der Waals surface area contributed by atoms with E-state index in [1.807, 2.05) is 18.2 Å². The topological polar surface area (TPSA) is 107 Å². The molecule has 0 bridgehead atoms. The average molecular weight is 468 g/mol. The van der Waals surface area contributed by atoms with Gasteiger partial charge in [0.05, 0.1) is 27.2 Å². The number of nitrogens with one attached hydrogen (secondary N) is 1. The number of carbonyl (C=O) groups is 1. The van der Waals surface area contributed by atoms with Gasteiger partial charge < -0.3 is 29.1 Å². The number of benzene rings is 2. The van der Waals surface area contributed by atoms with Crippen LogP contribution < -0.4 is 25.0 Å². The van der Waals surface area contributed by atoms with Crippen molar-refractivity contribution in [1.82, 2.24) is 5.32 Å². The van der Waals surface area contributed by atoms with E-state index in [2.05, 4.69) is 5.32 Å². The lowest BCUT2D eigenvalue weighted by Crippen LogP contribution is -2.27. The molecular formula is C26H29NO7. The van der Waals surface area contributed by atoms with Crippen LogP contribution in [0, 0.1) is 6.92 Å². The first-order valence-corrected chi connectivity index (χ1v) is 10.8. The molecule has 0 saturated carbocycles. The highest BCUT2D eigenvalue weighted by molar-refractivity contribution is 5.77. The minimum atomic E-state index is -0.653. The lowest BCUT2D eigenvalue weighted by atomic mass is 9.91. The molecule has 0 saturated heterocycles. The van der Waals surface area contributed by atoms with E-state index in [0.717, 1.165) is 5.56 Å². The first-order chi connectivity index (χ1) is 16.4. The number of amides is 1. The summed E-state index contributed by atoms with van der Waals surface area (Å²) in [6.45, 7) is 2.02. The number of methoxy groups -OCH3 is 3. The van der Waals surface area contributed by atoms with Crippen LogP contribution in [0.25, 0.3) is 0 Å². The fraction of sp³-hybridized carbons (Fsp3) is 0.308. The number of ether oxygens (including phenoxy) is 3. The van der Waals surface area contributed by atoms with E-state index >= 15 is 0 Å². The maximum absolute atomic E-state index is 12.8. The molecule has 0 fully saturated rings. The van der Waals surface area contributed by atoms with Gasteiger partial charge in [0.15, 0.2) is 17.3 Å². The summed E-state index contributed by atoms with van der Waals surface area (Å²) in [6.07, 6.45) is 0.572. The highest BCUT2D eigenvalue weighted by Crippen LogP contribution is 2.34. The van der Waals surface area contributed by atoms with Gasteiger partial charge in [-0.05, 0) is 48.7 Å². The van der Waals surface area contributed by atoms with Crippen molar-refractivity contribution < 1.29 is 28.5 Å². The standard InChI is InChI=1S/C26H29NO7/c1-16-13-21(28)25(30)26(34-16)20(18-6-8-19(31-2)9-7-18)15-24(29)27-12-11-17-5-10-22(32-3)23(14-17)33-4/h5-10,13-14,20,30H,11-12,15H2,1-4H3,(H,27,29). The monoisotopic (exact) mass is 467 g/mol. The van der Waals surface area contributed by atoms with Crippen LogP contribution in [-0.4, -0.2) is 38.9 Å². The van der Waals surface area contributed by atoms with Gasteiger partial charge >= 0.3 is 0 Å². The third-order valence-corrected chi connectivity index (χ3v) is 5.48. The first kappa shape index (κ1) is 24.7. The highest BCUT2D eigenvalue weighted by Gasteiger charge is 2.25. The second kappa shape index (κ2) is 11.3. The molecule has 0 aliphatic heterocycles. The Hall–Kier alpha value is -3.94. The Morgan fingerprint density at radius 3 is 2.35 bits per heavy atom. The molecular weight excluding hydrogens is 438 g/mol. The molecule has 1 unspecified atom stereocenters. The normalized spacial score (nSPS) is 11.5. The molecule has 8 heteroatoms. The Morgan fingerprint density at radius 2 is 1.71 bits per heavy atom. The first-order valence-electron chi connectivity index (χ1n) is 10.8. The summed E-state index contributed by atoms with van der Waals surface area (Å²) < 4.78 is 21.5. The summed E-state index contributed by atoms with van der Waals surface area (Å²) >= 11 is 0. The smallest absolute Gasteiger partial charge is 0.227 e. The van der Waals surface area contributed by atoms with Gasteiger partial charge in [-0.25, -0.2) is 0 Å². The molecule has 0 spiro atoms. The number of aryl methyl sites for hydroxylation is 1. The Morgan fingerprint density at radius 1 is 1.00 bits per heavy atom. The number of carbonyl (C=O) groups excluding carboxylic acids is 1. The molecule has 1 aromatic heterocycles. The predicted octanol–water partition coefficient (Wildman–Crippen LogP) is 3.56. The van der Waals surface area contributed by atoms with Crippen LogP contribution in [0.3, 0.4) is 0 Å². The second-order valence-corrected chi connectivity index (χ2v) is 7.75. The molecule has 2 N–H and O–H groups in total. The van der Waals surface area contributed by atoms with Crippen LogP contribution in [0.15, 0.2) is 57.7 Å². The average Bonchev–Trinajstić information content (AvgIpc) is 2.84. The van der Waals surface area contributed by atoms with Crippen molar-refractivity contribution in [2.75, 3.05) is 27.9 Å². The molecule has 0 aliphatic carbocycles. The van der Waals surface area contributed by atoms with Gasteiger partial charge in [0.25, 0.3) is 0 Å². The van der Waals surface area contributed by atoms with E-state index in [9.17, 15) is 14.7 Å². The molecule has 1 atom stereocenters. The number of aromatic hydroxyl groups is 1. The van der Waals surface area contributed by atoms with Crippen LogP contribution in [0.1, 0.15) is 35.0 Å². The lowest BCUT2D eigenvalue weighted by molar-refractivity contribution is -0.121. The zero-order chi connectivity index (χ0) is 24.7. The molecule has 180 valence electrons. The molecule has 0 radical (unpaired) electrons. The Kier molecular flexibility index (Phi) is 8.19. The zero-order valence-corrected chi connectivity index (χ0v) is 19.7. The summed E-state index contributed by atoms with van der Waals surface area (Å²) in [6, 6.07) is 13.9. The summed E-state index contributed by atoms with van der Waals surface area (Å²) in [5.41, 5.74) is 1.14. The van der Waals surface area contributed by atoms with Gasteiger partial charge in [0.1, 0.15) is 11.5 Å². The fourth-order valence-electron chi connectivity index (χ4n) is 3.70. The molecule has 1 heterocycles. The molecule has 34 heavy (non-hydrogen) atoms. The number of hydrogen-bond acceptors (Lipinski definition) is 7. The second-order valence-electron chi connectivity index (χ2n) is 7.75. The SMILES string of the molecule is COc1ccc(C(CC(=O)NCCc2ccc(OC)c(OC)c2)c2oc(C)cc(=O)c2O)cc1. The Balaban J connectivity index is 1.76. The predicted molar refractivity (Wildman–Crippen MR) is 127 cm³/mol. The van der Waals surface area contributed by atoms with E-state index in [1.165, 1.54) is 6.07 Å². The maximum Gasteiger partial charge on any atom is 0.227 e. The van der Waals surface area contributed by atoms with Gasteiger partial charge in [-0.1, -0.05) is 18.2 Å². The van der Waals surface area contributed by atoms with Gasteiger partial charge in [0, 0.05) is 19.0 Å². The summed E-state index contributed by atoms with van der Waals surface area (Å²) in [4.78, 5) is 25.0. The summed E-state index contributed by atoms with van der Waals surface area (Å²) in [5.74, 6) is 0.925. The quantitative estimate of drug-likeness (QED) is 0.469. The maximum atomic E-state index is 12.8. The van der Waals surface area contributed by atoms with Crippen LogP contribution in [0.4, 0.5) is 0 Å². The molecule has 2 aromatic carbocycles. The molecule has 3 rings (SSSR count). The van der Waals surface area contributed by atoms with Crippen molar-refractivity contribution in [2.45, 2.75) is 25.7 Å². The van der Waals surface area contributed by atoms with Crippen LogP contribution in [0.2, 0.25) is 0 Å². The Labute approximate surface area is 198 Å². The largest absolute Gasteiger partial charge is 0.502 e. The van der Waals surface area contributed by atoms with Crippen molar-refractivity contribution in [2.24, 2.45) is 0 Å². The van der Waals surface area contributed by atoms with E-state index < -0.39 is 17.1 Å². The third kappa shape index (κ3) is 5.89. The fourth-order valence-corrected chi connectivity index (χ4v) is 3.70. The minimum Gasteiger partial charge on any atom is -0.502 e. The number of hydrogen-bond donors (Lipinski definition) is 2. The minimum absolute atomic E-state index is 0.0157. The lowest BCUT2D eigenvalue weighted by Gasteiger charge is -2.18. The number of rotatable bonds is 10. The zero-order valence-electron chi connectivity index (χ0n) is 19.7.